The van der Waals surface area contributed by atoms with Crippen molar-refractivity contribution >= 4 is 0 Å². The van der Waals surface area contributed by atoms with E-state index in [2.05, 4.69) is 19.2 Å². The zero-order valence-electron chi connectivity index (χ0n) is 10.7. The standard InChI is InChI=1S/C13H26N2O/c1-3-13(5-4-6-13)9-15-8-12(2)10-16-7-11(12)14/h11,15H,3-10,14H2,1-2H3. The van der Waals surface area contributed by atoms with Crippen LogP contribution >= 0.6 is 0 Å². The van der Waals surface area contributed by atoms with Gasteiger partial charge in [-0.15, -0.1) is 0 Å². The molecule has 0 aromatic rings. The van der Waals surface area contributed by atoms with Crippen LogP contribution in [0.4, 0.5) is 0 Å². The van der Waals surface area contributed by atoms with E-state index in [4.69, 9.17) is 10.5 Å². The van der Waals surface area contributed by atoms with Gasteiger partial charge >= 0.3 is 0 Å². The van der Waals surface area contributed by atoms with Gasteiger partial charge < -0.3 is 15.8 Å². The van der Waals surface area contributed by atoms with E-state index in [0.717, 1.165) is 26.3 Å². The van der Waals surface area contributed by atoms with Crippen molar-refractivity contribution in [3.05, 3.63) is 0 Å². The third kappa shape index (κ3) is 2.27. The quantitative estimate of drug-likeness (QED) is 0.747. The van der Waals surface area contributed by atoms with E-state index in [9.17, 15) is 0 Å². The molecule has 1 saturated carbocycles. The lowest BCUT2D eigenvalue weighted by Gasteiger charge is -2.42. The smallest absolute Gasteiger partial charge is 0.0624 e. The third-order valence-corrected chi connectivity index (χ3v) is 4.82. The first-order valence-electron chi connectivity index (χ1n) is 6.64. The maximum absolute atomic E-state index is 6.08. The Hall–Kier alpha value is -0.120. The van der Waals surface area contributed by atoms with Crippen LogP contribution in [0.3, 0.4) is 0 Å². The maximum Gasteiger partial charge on any atom is 0.0624 e. The average Bonchev–Trinajstić information content (AvgIpc) is 2.52. The van der Waals surface area contributed by atoms with Crippen LogP contribution in [0, 0.1) is 10.8 Å². The normalized spacial score (nSPS) is 37.3. The first kappa shape index (κ1) is 12.3. The van der Waals surface area contributed by atoms with Gasteiger partial charge in [-0.25, -0.2) is 0 Å². The molecule has 0 spiro atoms. The number of ether oxygens (including phenoxy) is 1. The summed E-state index contributed by atoms with van der Waals surface area (Å²) in [5.41, 5.74) is 6.81. The summed E-state index contributed by atoms with van der Waals surface area (Å²) < 4.78 is 5.46. The Bertz CT molecular complexity index is 235. The molecule has 2 unspecified atom stereocenters. The summed E-state index contributed by atoms with van der Waals surface area (Å²) in [4.78, 5) is 0. The van der Waals surface area contributed by atoms with Gasteiger partial charge in [-0.1, -0.05) is 20.3 Å². The molecule has 2 atom stereocenters. The molecule has 2 aliphatic rings. The third-order valence-electron chi connectivity index (χ3n) is 4.82. The number of nitrogens with two attached hydrogens (primary N) is 1. The van der Waals surface area contributed by atoms with Gasteiger partial charge in [0.15, 0.2) is 0 Å². The van der Waals surface area contributed by atoms with Gasteiger partial charge in [0.2, 0.25) is 0 Å². The first-order valence-corrected chi connectivity index (χ1v) is 6.64. The monoisotopic (exact) mass is 226 g/mol. The van der Waals surface area contributed by atoms with Crippen molar-refractivity contribution in [2.75, 3.05) is 26.3 Å². The Kier molecular flexibility index (Phi) is 3.57. The second kappa shape index (κ2) is 4.63. The second-order valence-electron chi connectivity index (χ2n) is 6.09. The molecule has 0 radical (unpaired) electrons. The van der Waals surface area contributed by atoms with Gasteiger partial charge in [0.25, 0.3) is 0 Å². The molecule has 0 amide bonds. The zero-order chi connectivity index (χ0) is 11.6. The minimum absolute atomic E-state index is 0.138. The number of hydrogen-bond acceptors (Lipinski definition) is 3. The molecule has 3 nitrogen and oxygen atoms in total. The lowest BCUT2D eigenvalue weighted by atomic mass is 9.67. The molecular formula is C13H26N2O. The molecule has 2 rings (SSSR count). The van der Waals surface area contributed by atoms with E-state index in [1.54, 1.807) is 0 Å². The van der Waals surface area contributed by atoms with Crippen LogP contribution in [0.5, 0.6) is 0 Å². The van der Waals surface area contributed by atoms with Crippen molar-refractivity contribution in [1.82, 2.24) is 5.32 Å². The molecule has 0 bridgehead atoms. The van der Waals surface area contributed by atoms with Crippen LogP contribution in [-0.4, -0.2) is 32.3 Å². The minimum Gasteiger partial charge on any atom is -0.379 e. The lowest BCUT2D eigenvalue weighted by molar-refractivity contribution is 0.112. The van der Waals surface area contributed by atoms with E-state index >= 15 is 0 Å². The topological polar surface area (TPSA) is 47.3 Å². The van der Waals surface area contributed by atoms with E-state index in [1.165, 1.54) is 25.7 Å². The van der Waals surface area contributed by atoms with Gasteiger partial charge in [-0.3, -0.25) is 0 Å². The summed E-state index contributed by atoms with van der Waals surface area (Å²) in [5.74, 6) is 0. The van der Waals surface area contributed by atoms with E-state index in [-0.39, 0.29) is 11.5 Å². The van der Waals surface area contributed by atoms with Crippen LogP contribution in [0.25, 0.3) is 0 Å². The summed E-state index contributed by atoms with van der Waals surface area (Å²) in [5, 5.41) is 3.63. The number of hydrogen-bond donors (Lipinski definition) is 2. The molecule has 16 heavy (non-hydrogen) atoms. The highest BCUT2D eigenvalue weighted by Gasteiger charge is 2.39. The largest absolute Gasteiger partial charge is 0.379 e. The van der Waals surface area contributed by atoms with Gasteiger partial charge in [0, 0.05) is 24.5 Å². The van der Waals surface area contributed by atoms with Crippen molar-refractivity contribution in [3.8, 4) is 0 Å². The average molecular weight is 226 g/mol. The summed E-state index contributed by atoms with van der Waals surface area (Å²) in [6.07, 6.45) is 5.51. The van der Waals surface area contributed by atoms with E-state index in [1.807, 2.05) is 0 Å². The molecule has 0 aromatic heterocycles. The van der Waals surface area contributed by atoms with Crippen molar-refractivity contribution in [2.45, 2.75) is 45.6 Å². The van der Waals surface area contributed by atoms with Gasteiger partial charge in [0.1, 0.15) is 0 Å². The molecule has 1 aliphatic heterocycles. The fraction of sp³-hybridized carbons (Fsp3) is 1.00. The van der Waals surface area contributed by atoms with E-state index < -0.39 is 0 Å². The van der Waals surface area contributed by atoms with Crippen LogP contribution in [0.1, 0.15) is 39.5 Å². The van der Waals surface area contributed by atoms with Crippen molar-refractivity contribution in [1.29, 1.82) is 0 Å². The second-order valence-corrected chi connectivity index (χ2v) is 6.09. The zero-order valence-corrected chi connectivity index (χ0v) is 10.7. The number of rotatable bonds is 5. The Morgan fingerprint density at radius 1 is 1.38 bits per heavy atom. The first-order chi connectivity index (χ1) is 7.60. The summed E-state index contributed by atoms with van der Waals surface area (Å²) in [6, 6.07) is 0.193. The Balaban J connectivity index is 1.75. The van der Waals surface area contributed by atoms with Crippen molar-refractivity contribution in [3.63, 3.8) is 0 Å². The molecular weight excluding hydrogens is 200 g/mol. The molecule has 1 heterocycles. The summed E-state index contributed by atoms with van der Waals surface area (Å²) in [7, 11) is 0. The van der Waals surface area contributed by atoms with Crippen molar-refractivity contribution in [2.24, 2.45) is 16.6 Å². The van der Waals surface area contributed by atoms with Crippen molar-refractivity contribution < 1.29 is 4.74 Å². The molecule has 1 aliphatic carbocycles. The Morgan fingerprint density at radius 3 is 2.56 bits per heavy atom. The fourth-order valence-corrected chi connectivity index (χ4v) is 2.85. The van der Waals surface area contributed by atoms with Crippen LogP contribution < -0.4 is 11.1 Å². The molecule has 94 valence electrons. The predicted molar refractivity (Wildman–Crippen MR) is 66.3 cm³/mol. The SMILES string of the molecule is CCC1(CNCC2(C)COCC2N)CCC1. The maximum atomic E-state index is 6.08. The lowest BCUT2D eigenvalue weighted by Crippen LogP contribution is -2.48. The highest BCUT2D eigenvalue weighted by molar-refractivity contribution is 4.94. The van der Waals surface area contributed by atoms with E-state index in [0.29, 0.717) is 5.41 Å². The highest BCUT2D eigenvalue weighted by atomic mass is 16.5. The van der Waals surface area contributed by atoms with Crippen LogP contribution in [0.2, 0.25) is 0 Å². The summed E-state index contributed by atoms with van der Waals surface area (Å²) >= 11 is 0. The van der Waals surface area contributed by atoms with Gasteiger partial charge in [0.05, 0.1) is 13.2 Å². The van der Waals surface area contributed by atoms with Crippen LogP contribution in [0.15, 0.2) is 0 Å². The number of nitrogens with one attached hydrogen (secondary N) is 1. The summed E-state index contributed by atoms with van der Waals surface area (Å²) in [6.45, 7) is 8.23. The molecule has 0 aromatic carbocycles. The fourth-order valence-electron chi connectivity index (χ4n) is 2.85. The molecule has 3 heteroatoms. The van der Waals surface area contributed by atoms with Gasteiger partial charge in [-0.2, -0.15) is 0 Å². The highest BCUT2D eigenvalue weighted by Crippen LogP contribution is 2.43. The Morgan fingerprint density at radius 2 is 2.12 bits per heavy atom. The van der Waals surface area contributed by atoms with Gasteiger partial charge in [-0.05, 0) is 24.7 Å². The minimum atomic E-state index is 0.138. The molecule has 2 fully saturated rings. The molecule has 1 saturated heterocycles. The molecule has 3 N–H and O–H groups in total. The predicted octanol–water partition coefficient (Wildman–Crippen LogP) is 1.52. The Labute approximate surface area is 99.1 Å². The van der Waals surface area contributed by atoms with Crippen LogP contribution in [-0.2, 0) is 4.74 Å².